The van der Waals surface area contributed by atoms with Gasteiger partial charge in [-0.15, -0.1) is 20.2 Å². The van der Waals surface area contributed by atoms with Gasteiger partial charge in [0.05, 0.1) is 22.2 Å². The summed E-state index contributed by atoms with van der Waals surface area (Å²) >= 11 is 0. The monoisotopic (exact) mass is 466 g/mol. The van der Waals surface area contributed by atoms with Gasteiger partial charge in [-0.3, -0.25) is 29.0 Å². The quantitative estimate of drug-likeness (QED) is 0.210. The van der Waals surface area contributed by atoms with Crippen LogP contribution in [0.25, 0.3) is 0 Å². The van der Waals surface area contributed by atoms with Gasteiger partial charge in [-0.1, -0.05) is 0 Å². The fourth-order valence-electron chi connectivity index (χ4n) is 3.33. The van der Waals surface area contributed by atoms with E-state index in [0.29, 0.717) is 4.90 Å². The highest BCUT2D eigenvalue weighted by Gasteiger charge is 2.45. The standard InChI is InChI=1S/C19H22N4O10/c1-11-6-13-14(17(27)21(16(13)26)19(4,5)9-33-23(30)31)7-12(11)15(25)20(10-24)18(2,3)8-32-22(28)29/h6-7,10H,8-9H2,1-5H3. The van der Waals surface area contributed by atoms with Crippen LogP contribution in [-0.4, -0.2) is 68.4 Å². The van der Waals surface area contributed by atoms with Crippen molar-refractivity contribution in [3.63, 3.8) is 0 Å². The maximum atomic E-state index is 13.1. The molecular weight excluding hydrogens is 444 g/mol. The lowest BCUT2D eigenvalue weighted by Gasteiger charge is -2.33. The summed E-state index contributed by atoms with van der Waals surface area (Å²) < 4.78 is 0. The molecule has 0 saturated carbocycles. The summed E-state index contributed by atoms with van der Waals surface area (Å²) in [5.41, 5.74) is -2.76. The molecule has 0 radical (unpaired) electrons. The van der Waals surface area contributed by atoms with Crippen molar-refractivity contribution in [1.82, 2.24) is 9.80 Å². The molecule has 0 aromatic heterocycles. The van der Waals surface area contributed by atoms with Gasteiger partial charge in [0.25, 0.3) is 27.9 Å². The van der Waals surface area contributed by atoms with Crippen LogP contribution in [0.5, 0.6) is 0 Å². The molecule has 0 atom stereocenters. The van der Waals surface area contributed by atoms with Crippen LogP contribution < -0.4 is 0 Å². The number of carbonyl (C=O) groups excluding carboxylic acids is 4. The normalized spacial score (nSPS) is 13.4. The van der Waals surface area contributed by atoms with E-state index in [1.165, 1.54) is 40.7 Å². The Labute approximate surface area is 187 Å². The van der Waals surface area contributed by atoms with Gasteiger partial charge in [0, 0.05) is 5.56 Å². The van der Waals surface area contributed by atoms with E-state index in [0.717, 1.165) is 11.0 Å². The molecule has 178 valence electrons. The molecule has 0 spiro atoms. The van der Waals surface area contributed by atoms with Crippen molar-refractivity contribution in [2.45, 2.75) is 45.7 Å². The first-order valence-electron chi connectivity index (χ1n) is 9.51. The molecular formula is C19H22N4O10. The fraction of sp³-hybridized carbons (Fsp3) is 0.474. The number of aryl methyl sites for hydroxylation is 1. The van der Waals surface area contributed by atoms with Gasteiger partial charge in [-0.25, -0.2) is 0 Å². The molecule has 33 heavy (non-hydrogen) atoms. The Morgan fingerprint density at radius 3 is 2.00 bits per heavy atom. The summed E-state index contributed by atoms with van der Waals surface area (Å²) in [5.74, 6) is -2.38. The molecule has 4 amide bonds. The summed E-state index contributed by atoms with van der Waals surface area (Å²) in [6.45, 7) is 5.88. The minimum atomic E-state index is -1.41. The number of fused-ring (bicyclic) bond motifs is 1. The second kappa shape index (κ2) is 8.80. The predicted molar refractivity (Wildman–Crippen MR) is 108 cm³/mol. The van der Waals surface area contributed by atoms with Crippen molar-refractivity contribution in [3.8, 4) is 0 Å². The first-order valence-corrected chi connectivity index (χ1v) is 9.51. The average molecular weight is 466 g/mol. The first-order chi connectivity index (χ1) is 15.1. The molecule has 1 aromatic rings. The van der Waals surface area contributed by atoms with E-state index in [-0.39, 0.29) is 28.7 Å². The van der Waals surface area contributed by atoms with Gasteiger partial charge < -0.3 is 9.68 Å². The summed E-state index contributed by atoms with van der Waals surface area (Å²) in [5, 5.41) is 19.0. The largest absolute Gasteiger partial charge is 0.311 e. The molecule has 1 aliphatic rings. The van der Waals surface area contributed by atoms with Gasteiger partial charge in [-0.2, -0.15) is 0 Å². The Kier molecular flexibility index (Phi) is 6.71. The van der Waals surface area contributed by atoms with Crippen molar-refractivity contribution in [3.05, 3.63) is 54.6 Å². The predicted octanol–water partition coefficient (Wildman–Crippen LogP) is 1.16. The minimum absolute atomic E-state index is 0.0168. The maximum Gasteiger partial charge on any atom is 0.294 e. The maximum absolute atomic E-state index is 13.1. The number of nitrogens with zero attached hydrogens (tertiary/aromatic N) is 4. The van der Waals surface area contributed by atoms with E-state index in [9.17, 15) is 39.4 Å². The second-order valence-corrected chi connectivity index (χ2v) is 8.56. The number of carbonyl (C=O) groups is 4. The van der Waals surface area contributed by atoms with Gasteiger partial charge in [0.2, 0.25) is 6.41 Å². The van der Waals surface area contributed by atoms with Crippen LogP contribution in [-0.2, 0) is 14.5 Å². The summed E-state index contributed by atoms with van der Waals surface area (Å²) in [4.78, 5) is 81.8. The lowest BCUT2D eigenvalue weighted by Crippen LogP contribution is -2.51. The van der Waals surface area contributed by atoms with E-state index in [1.54, 1.807) is 0 Å². The lowest BCUT2D eigenvalue weighted by atomic mass is 9.97. The van der Waals surface area contributed by atoms with Gasteiger partial charge >= 0.3 is 0 Å². The summed E-state index contributed by atoms with van der Waals surface area (Å²) in [6.07, 6.45) is 0.190. The summed E-state index contributed by atoms with van der Waals surface area (Å²) in [7, 11) is 0. The third-order valence-corrected chi connectivity index (χ3v) is 5.09. The number of amides is 4. The third kappa shape index (κ3) is 4.88. The Balaban J connectivity index is 2.44. The summed E-state index contributed by atoms with van der Waals surface area (Å²) in [6, 6.07) is 2.45. The first kappa shape index (κ1) is 25.2. The van der Waals surface area contributed by atoms with Crippen LogP contribution in [0.3, 0.4) is 0 Å². The third-order valence-electron chi connectivity index (χ3n) is 5.09. The zero-order valence-corrected chi connectivity index (χ0v) is 18.5. The number of rotatable bonds is 10. The fourth-order valence-corrected chi connectivity index (χ4v) is 3.33. The van der Waals surface area contributed by atoms with Gasteiger partial charge in [0.15, 0.2) is 0 Å². The highest BCUT2D eigenvalue weighted by molar-refractivity contribution is 6.22. The Hall–Kier alpha value is -4.10. The average Bonchev–Trinajstić information content (AvgIpc) is 2.94. The molecule has 14 nitrogen and oxygen atoms in total. The van der Waals surface area contributed by atoms with Crippen molar-refractivity contribution in [2.75, 3.05) is 13.2 Å². The molecule has 0 bridgehead atoms. The number of imide groups is 2. The van der Waals surface area contributed by atoms with E-state index in [4.69, 9.17) is 0 Å². The molecule has 0 saturated heterocycles. The second-order valence-electron chi connectivity index (χ2n) is 8.56. The molecule has 14 heteroatoms. The molecule has 0 fully saturated rings. The SMILES string of the molecule is Cc1cc2c(cc1C(=O)N(C=O)C(C)(C)CO[N+](=O)[O-])C(=O)N(C(C)(C)CO[N+](=O)[O-])C2=O. The molecule has 1 heterocycles. The van der Waals surface area contributed by atoms with E-state index in [1.807, 2.05) is 0 Å². The topological polar surface area (TPSA) is 180 Å². The van der Waals surface area contributed by atoms with Crippen molar-refractivity contribution < 1.29 is 39.0 Å². The van der Waals surface area contributed by atoms with E-state index >= 15 is 0 Å². The molecule has 0 unspecified atom stereocenters. The highest BCUT2D eigenvalue weighted by atomic mass is 17.0. The van der Waals surface area contributed by atoms with Crippen LogP contribution in [0.1, 0.15) is 64.3 Å². The number of hydrogen-bond acceptors (Lipinski definition) is 10. The lowest BCUT2D eigenvalue weighted by molar-refractivity contribution is -0.759. The number of hydrogen-bond donors (Lipinski definition) is 0. The van der Waals surface area contributed by atoms with Crippen LogP contribution in [0.4, 0.5) is 0 Å². The van der Waals surface area contributed by atoms with Crippen LogP contribution in [0.15, 0.2) is 12.1 Å². The van der Waals surface area contributed by atoms with Crippen LogP contribution >= 0.6 is 0 Å². The Morgan fingerprint density at radius 2 is 1.52 bits per heavy atom. The van der Waals surface area contributed by atoms with Crippen LogP contribution in [0, 0.1) is 27.2 Å². The van der Waals surface area contributed by atoms with Crippen molar-refractivity contribution in [1.29, 1.82) is 0 Å². The van der Waals surface area contributed by atoms with Gasteiger partial charge in [0.1, 0.15) is 13.2 Å². The minimum Gasteiger partial charge on any atom is -0.311 e. The van der Waals surface area contributed by atoms with Crippen molar-refractivity contribution in [2.24, 2.45) is 0 Å². The van der Waals surface area contributed by atoms with Crippen LogP contribution in [0.2, 0.25) is 0 Å². The zero-order valence-electron chi connectivity index (χ0n) is 18.5. The smallest absolute Gasteiger partial charge is 0.294 e. The van der Waals surface area contributed by atoms with Crippen molar-refractivity contribution >= 4 is 24.1 Å². The zero-order chi connectivity index (χ0) is 25.3. The molecule has 0 aliphatic carbocycles. The molecule has 1 aromatic carbocycles. The van der Waals surface area contributed by atoms with E-state index < -0.39 is 52.2 Å². The Morgan fingerprint density at radius 1 is 1.03 bits per heavy atom. The number of benzene rings is 1. The highest BCUT2D eigenvalue weighted by Crippen LogP contribution is 2.32. The molecule has 0 N–H and O–H groups in total. The van der Waals surface area contributed by atoms with E-state index in [2.05, 4.69) is 9.68 Å². The molecule has 1 aliphatic heterocycles. The Bertz CT molecular complexity index is 1050. The molecule has 2 rings (SSSR count). The van der Waals surface area contributed by atoms with Gasteiger partial charge in [-0.05, 0) is 52.3 Å².